The summed E-state index contributed by atoms with van der Waals surface area (Å²) in [4.78, 5) is 20.4. The van der Waals surface area contributed by atoms with Crippen molar-refractivity contribution < 1.29 is 9.53 Å². The van der Waals surface area contributed by atoms with E-state index in [4.69, 9.17) is 4.74 Å². The summed E-state index contributed by atoms with van der Waals surface area (Å²) < 4.78 is 7.65. The van der Waals surface area contributed by atoms with Crippen molar-refractivity contribution in [3.63, 3.8) is 0 Å². The molecule has 7 heteroatoms. The predicted molar refractivity (Wildman–Crippen MR) is 107 cm³/mol. The van der Waals surface area contributed by atoms with Crippen LogP contribution >= 0.6 is 0 Å². The second-order valence-corrected chi connectivity index (χ2v) is 5.88. The molecule has 0 radical (unpaired) electrons. The Hall–Kier alpha value is -4.13. The van der Waals surface area contributed by atoms with Crippen LogP contribution in [0.5, 0.6) is 11.6 Å². The first-order valence-electron chi connectivity index (χ1n) is 8.63. The van der Waals surface area contributed by atoms with Crippen LogP contribution in [0.25, 0.3) is 5.82 Å². The summed E-state index contributed by atoms with van der Waals surface area (Å²) in [6.45, 7) is 0. The van der Waals surface area contributed by atoms with Crippen molar-refractivity contribution in [1.82, 2.24) is 14.5 Å². The SMILES string of the molecule is O=C(Nc1ccccc1)Nc1ccc(Oc2cc(-n3cccc3)ncn2)cc1. The molecule has 138 valence electrons. The maximum atomic E-state index is 12.0. The maximum absolute atomic E-state index is 12.0. The zero-order chi connectivity index (χ0) is 19.2. The van der Waals surface area contributed by atoms with Crippen LogP contribution in [0.4, 0.5) is 16.2 Å². The minimum Gasteiger partial charge on any atom is -0.439 e. The zero-order valence-electron chi connectivity index (χ0n) is 14.8. The summed E-state index contributed by atoms with van der Waals surface area (Å²) in [6.07, 6.45) is 5.24. The van der Waals surface area contributed by atoms with Gasteiger partial charge in [-0.3, -0.25) is 0 Å². The molecule has 0 atom stereocenters. The number of hydrogen-bond donors (Lipinski definition) is 2. The van der Waals surface area contributed by atoms with Crippen molar-refractivity contribution in [2.45, 2.75) is 0 Å². The minimum atomic E-state index is -0.313. The van der Waals surface area contributed by atoms with E-state index >= 15 is 0 Å². The van der Waals surface area contributed by atoms with Crippen LogP contribution in [0.3, 0.4) is 0 Å². The molecule has 0 saturated heterocycles. The molecule has 2 heterocycles. The number of anilines is 2. The molecule has 28 heavy (non-hydrogen) atoms. The number of nitrogens with one attached hydrogen (secondary N) is 2. The number of urea groups is 1. The van der Waals surface area contributed by atoms with Crippen molar-refractivity contribution in [3.05, 3.63) is 91.5 Å². The first-order chi connectivity index (χ1) is 13.8. The number of ether oxygens (including phenoxy) is 1. The van der Waals surface area contributed by atoms with E-state index < -0.39 is 0 Å². The van der Waals surface area contributed by atoms with Crippen LogP contribution in [-0.2, 0) is 0 Å². The first kappa shape index (κ1) is 17.3. The lowest BCUT2D eigenvalue weighted by Crippen LogP contribution is -2.19. The molecule has 0 fully saturated rings. The molecule has 0 bridgehead atoms. The van der Waals surface area contributed by atoms with E-state index in [1.807, 2.05) is 59.4 Å². The molecular formula is C21H17N5O2. The monoisotopic (exact) mass is 371 g/mol. The highest BCUT2D eigenvalue weighted by Crippen LogP contribution is 2.22. The van der Waals surface area contributed by atoms with Gasteiger partial charge in [0, 0.05) is 29.8 Å². The first-order valence-corrected chi connectivity index (χ1v) is 8.63. The van der Waals surface area contributed by atoms with Crippen molar-refractivity contribution >= 4 is 17.4 Å². The Kier molecular flexibility index (Phi) is 4.97. The zero-order valence-corrected chi connectivity index (χ0v) is 14.8. The Morgan fingerprint density at radius 2 is 1.50 bits per heavy atom. The fourth-order valence-electron chi connectivity index (χ4n) is 2.56. The topological polar surface area (TPSA) is 81.1 Å². The van der Waals surface area contributed by atoms with Crippen molar-refractivity contribution in [2.24, 2.45) is 0 Å². The van der Waals surface area contributed by atoms with Gasteiger partial charge in [-0.1, -0.05) is 18.2 Å². The second kappa shape index (κ2) is 8.05. The maximum Gasteiger partial charge on any atom is 0.323 e. The molecule has 2 aromatic heterocycles. The minimum absolute atomic E-state index is 0.313. The Morgan fingerprint density at radius 3 is 2.21 bits per heavy atom. The Morgan fingerprint density at radius 1 is 0.821 bits per heavy atom. The normalized spacial score (nSPS) is 10.3. The lowest BCUT2D eigenvalue weighted by atomic mass is 10.3. The number of para-hydroxylation sites is 1. The van der Waals surface area contributed by atoms with Gasteiger partial charge < -0.3 is 19.9 Å². The van der Waals surface area contributed by atoms with E-state index in [9.17, 15) is 4.79 Å². The molecular weight excluding hydrogens is 354 g/mol. The van der Waals surface area contributed by atoms with Crippen LogP contribution in [0.2, 0.25) is 0 Å². The van der Waals surface area contributed by atoms with E-state index in [0.29, 0.717) is 23.1 Å². The number of nitrogens with zero attached hydrogens (tertiary/aromatic N) is 3. The van der Waals surface area contributed by atoms with E-state index in [1.165, 1.54) is 6.33 Å². The van der Waals surface area contributed by atoms with E-state index in [1.54, 1.807) is 30.3 Å². The summed E-state index contributed by atoms with van der Waals surface area (Å²) in [6, 6.07) is 21.6. The number of aromatic nitrogens is 3. The highest BCUT2D eigenvalue weighted by atomic mass is 16.5. The van der Waals surface area contributed by atoms with Crippen LogP contribution in [-0.4, -0.2) is 20.6 Å². The lowest BCUT2D eigenvalue weighted by Gasteiger charge is -2.09. The Balaban J connectivity index is 1.38. The van der Waals surface area contributed by atoms with Gasteiger partial charge >= 0.3 is 6.03 Å². The van der Waals surface area contributed by atoms with E-state index in [0.717, 1.165) is 5.69 Å². The number of hydrogen-bond acceptors (Lipinski definition) is 4. The van der Waals surface area contributed by atoms with Gasteiger partial charge in [0.1, 0.15) is 17.9 Å². The summed E-state index contributed by atoms with van der Waals surface area (Å²) in [5, 5.41) is 5.54. The van der Waals surface area contributed by atoms with Gasteiger partial charge in [0.25, 0.3) is 0 Å². The smallest absolute Gasteiger partial charge is 0.323 e. The fourth-order valence-corrected chi connectivity index (χ4v) is 2.56. The molecule has 0 aliphatic heterocycles. The molecule has 4 aromatic rings. The van der Waals surface area contributed by atoms with Gasteiger partial charge in [0.2, 0.25) is 5.88 Å². The third kappa shape index (κ3) is 4.34. The van der Waals surface area contributed by atoms with Crippen LogP contribution < -0.4 is 15.4 Å². The van der Waals surface area contributed by atoms with E-state index in [2.05, 4.69) is 20.6 Å². The standard InChI is InChI=1S/C21H17N5O2/c27-21(24-16-6-2-1-3-7-16)25-17-8-10-18(11-9-17)28-20-14-19(22-15-23-20)26-12-4-5-13-26/h1-15H,(H2,24,25,27). The fraction of sp³-hybridized carbons (Fsp3) is 0. The molecule has 0 saturated carbocycles. The average Bonchev–Trinajstić information content (AvgIpc) is 3.25. The Bertz CT molecular complexity index is 1050. The molecule has 2 amide bonds. The molecule has 0 aliphatic rings. The van der Waals surface area contributed by atoms with Crippen molar-refractivity contribution in [1.29, 1.82) is 0 Å². The highest BCUT2D eigenvalue weighted by molar-refractivity contribution is 5.99. The molecule has 2 aromatic carbocycles. The van der Waals surface area contributed by atoms with Gasteiger partial charge in [0.05, 0.1) is 0 Å². The number of carbonyl (C=O) groups excluding carboxylic acids is 1. The van der Waals surface area contributed by atoms with Gasteiger partial charge in [-0.2, -0.15) is 0 Å². The molecule has 0 aliphatic carbocycles. The van der Waals surface area contributed by atoms with E-state index in [-0.39, 0.29) is 6.03 Å². The van der Waals surface area contributed by atoms with Gasteiger partial charge in [0.15, 0.2) is 0 Å². The van der Waals surface area contributed by atoms with Crippen LogP contribution in [0, 0.1) is 0 Å². The third-order valence-electron chi connectivity index (χ3n) is 3.86. The summed E-state index contributed by atoms with van der Waals surface area (Å²) in [5.74, 6) is 1.75. The number of rotatable bonds is 5. The molecule has 0 spiro atoms. The summed E-state index contributed by atoms with van der Waals surface area (Å²) in [5.41, 5.74) is 1.37. The van der Waals surface area contributed by atoms with Gasteiger partial charge in [-0.05, 0) is 48.5 Å². The number of amides is 2. The molecule has 2 N–H and O–H groups in total. The number of carbonyl (C=O) groups is 1. The Labute approximate surface area is 161 Å². The molecule has 7 nitrogen and oxygen atoms in total. The second-order valence-electron chi connectivity index (χ2n) is 5.88. The van der Waals surface area contributed by atoms with Crippen molar-refractivity contribution in [2.75, 3.05) is 10.6 Å². The molecule has 0 unspecified atom stereocenters. The molecule has 4 rings (SSSR count). The van der Waals surface area contributed by atoms with Crippen LogP contribution in [0.1, 0.15) is 0 Å². The van der Waals surface area contributed by atoms with Gasteiger partial charge in [-0.25, -0.2) is 14.8 Å². The van der Waals surface area contributed by atoms with Crippen molar-refractivity contribution in [3.8, 4) is 17.4 Å². The quantitative estimate of drug-likeness (QED) is 0.533. The highest BCUT2D eigenvalue weighted by Gasteiger charge is 2.05. The summed E-state index contributed by atoms with van der Waals surface area (Å²) >= 11 is 0. The summed E-state index contributed by atoms with van der Waals surface area (Å²) in [7, 11) is 0. The lowest BCUT2D eigenvalue weighted by molar-refractivity contribution is 0.262. The average molecular weight is 371 g/mol. The van der Waals surface area contributed by atoms with Gasteiger partial charge in [-0.15, -0.1) is 0 Å². The van der Waals surface area contributed by atoms with Crippen LogP contribution in [0.15, 0.2) is 91.5 Å². The largest absolute Gasteiger partial charge is 0.439 e. The number of benzene rings is 2. The third-order valence-corrected chi connectivity index (χ3v) is 3.86. The predicted octanol–water partition coefficient (Wildman–Crippen LogP) is 4.70.